The van der Waals surface area contributed by atoms with Gasteiger partial charge in [-0.15, -0.1) is 0 Å². The van der Waals surface area contributed by atoms with Gasteiger partial charge in [0.1, 0.15) is 0 Å². The summed E-state index contributed by atoms with van der Waals surface area (Å²) in [5.41, 5.74) is 6.57. The lowest BCUT2D eigenvalue weighted by molar-refractivity contribution is 0.102. The molecule has 7 nitrogen and oxygen atoms in total. The normalized spacial score (nSPS) is 17.1. The highest BCUT2D eigenvalue weighted by molar-refractivity contribution is 6.11. The van der Waals surface area contributed by atoms with Crippen LogP contribution in [0.1, 0.15) is 60.1 Å². The molecule has 2 aliphatic heterocycles. The topological polar surface area (TPSA) is 77.1 Å². The molecule has 6 rings (SSSR count). The molecule has 2 N–H and O–H groups in total. The molecule has 0 radical (unpaired) electrons. The third kappa shape index (κ3) is 5.79. The molecular formula is C31H36N6O. The van der Waals surface area contributed by atoms with Gasteiger partial charge in [0.15, 0.2) is 5.69 Å². The number of benzene rings is 2. The Kier molecular flexibility index (Phi) is 7.47. The second-order valence-corrected chi connectivity index (χ2v) is 10.7. The van der Waals surface area contributed by atoms with E-state index < -0.39 is 0 Å². The number of aromatic nitrogens is 3. The van der Waals surface area contributed by atoms with Crippen LogP contribution in [0.4, 0.5) is 5.69 Å². The number of pyridine rings is 1. The van der Waals surface area contributed by atoms with Gasteiger partial charge in [0, 0.05) is 42.1 Å². The van der Waals surface area contributed by atoms with Gasteiger partial charge in [0.05, 0.1) is 5.52 Å². The van der Waals surface area contributed by atoms with Crippen molar-refractivity contribution < 1.29 is 4.79 Å². The molecule has 0 aliphatic carbocycles. The number of fused-ring (bicyclic) bond motifs is 1. The smallest absolute Gasteiger partial charge is 0.276 e. The molecule has 0 atom stereocenters. The van der Waals surface area contributed by atoms with Gasteiger partial charge in [-0.1, -0.05) is 31.0 Å². The molecule has 196 valence electrons. The number of carbonyl (C=O) groups is 1. The van der Waals surface area contributed by atoms with Crippen molar-refractivity contribution >= 4 is 22.5 Å². The van der Waals surface area contributed by atoms with Crippen LogP contribution in [0, 0.1) is 0 Å². The van der Waals surface area contributed by atoms with Crippen molar-refractivity contribution in [2.75, 3.05) is 31.5 Å². The van der Waals surface area contributed by atoms with Crippen molar-refractivity contribution in [3.63, 3.8) is 0 Å². The van der Waals surface area contributed by atoms with E-state index in [9.17, 15) is 4.79 Å². The zero-order valence-electron chi connectivity index (χ0n) is 22.0. The highest BCUT2D eigenvalue weighted by Crippen LogP contribution is 2.27. The molecule has 2 aromatic heterocycles. The lowest BCUT2D eigenvalue weighted by Gasteiger charge is -2.26. The van der Waals surface area contributed by atoms with Gasteiger partial charge in [-0.2, -0.15) is 5.10 Å². The summed E-state index contributed by atoms with van der Waals surface area (Å²) in [6.07, 6.45) is 11.6. The average Bonchev–Trinajstić information content (AvgIpc) is 3.38. The number of likely N-dealkylation sites (tertiary alicyclic amines) is 2. The maximum atomic E-state index is 13.3. The lowest BCUT2D eigenvalue weighted by atomic mass is 10.0. The first-order valence-corrected chi connectivity index (χ1v) is 14.0. The minimum Gasteiger partial charge on any atom is -0.321 e. The van der Waals surface area contributed by atoms with E-state index in [2.05, 4.69) is 54.6 Å². The van der Waals surface area contributed by atoms with E-state index in [0.29, 0.717) is 5.69 Å². The van der Waals surface area contributed by atoms with E-state index in [1.807, 2.05) is 36.7 Å². The van der Waals surface area contributed by atoms with Gasteiger partial charge in [-0.05, 0) is 98.9 Å². The van der Waals surface area contributed by atoms with Crippen LogP contribution in [0.25, 0.3) is 22.0 Å². The Balaban J connectivity index is 1.19. The maximum Gasteiger partial charge on any atom is 0.276 e. The summed E-state index contributed by atoms with van der Waals surface area (Å²) in [7, 11) is 0. The fourth-order valence-corrected chi connectivity index (χ4v) is 5.79. The molecule has 0 unspecified atom stereocenters. The first-order valence-electron chi connectivity index (χ1n) is 14.0. The van der Waals surface area contributed by atoms with Gasteiger partial charge >= 0.3 is 0 Å². The summed E-state index contributed by atoms with van der Waals surface area (Å²) >= 11 is 0. The van der Waals surface area contributed by atoms with E-state index in [1.165, 1.54) is 49.7 Å². The van der Waals surface area contributed by atoms with Crippen molar-refractivity contribution in [1.29, 1.82) is 0 Å². The van der Waals surface area contributed by atoms with Crippen molar-refractivity contribution in [2.24, 2.45) is 0 Å². The molecule has 2 saturated heterocycles. The second kappa shape index (κ2) is 11.5. The zero-order valence-corrected chi connectivity index (χ0v) is 22.0. The number of piperidine rings is 2. The Bertz CT molecular complexity index is 1400. The number of anilines is 1. The third-order valence-corrected chi connectivity index (χ3v) is 7.80. The van der Waals surface area contributed by atoms with Crippen LogP contribution in [-0.2, 0) is 13.1 Å². The minimum atomic E-state index is -0.208. The number of hydrogen-bond acceptors (Lipinski definition) is 5. The molecule has 0 bridgehead atoms. The number of nitrogens with zero attached hydrogens (tertiary/aromatic N) is 4. The van der Waals surface area contributed by atoms with Crippen molar-refractivity contribution in [2.45, 2.75) is 51.6 Å². The molecular weight excluding hydrogens is 472 g/mol. The molecule has 7 heteroatoms. The first kappa shape index (κ1) is 24.8. The second-order valence-electron chi connectivity index (χ2n) is 10.7. The molecule has 2 fully saturated rings. The van der Waals surface area contributed by atoms with Gasteiger partial charge < -0.3 is 5.32 Å². The van der Waals surface area contributed by atoms with E-state index in [-0.39, 0.29) is 5.91 Å². The quantitative estimate of drug-likeness (QED) is 0.328. The Morgan fingerprint density at radius 2 is 1.53 bits per heavy atom. The number of nitrogens with one attached hydrogen (secondary N) is 2. The summed E-state index contributed by atoms with van der Waals surface area (Å²) in [5, 5.41) is 11.3. The van der Waals surface area contributed by atoms with Crippen LogP contribution in [0.15, 0.2) is 60.9 Å². The van der Waals surface area contributed by atoms with Crippen LogP contribution < -0.4 is 5.32 Å². The number of carbonyl (C=O) groups excluding carboxylic acids is 1. The van der Waals surface area contributed by atoms with Crippen molar-refractivity contribution in [1.82, 2.24) is 25.0 Å². The molecule has 0 spiro atoms. The standard InChI is InChI=1S/C31H36N6O/c38-31(33-27-9-7-8-23(17-27)21-36-12-3-1-4-13-36)30-28-18-25(10-11-29(28)34-35-30)26-16-24(19-32-20-26)22-37-14-5-2-6-15-37/h7-11,16-20H,1-6,12-15,21-22H2,(H,33,38)(H,34,35). The minimum absolute atomic E-state index is 0.208. The molecule has 2 aromatic carbocycles. The summed E-state index contributed by atoms with van der Waals surface area (Å²) in [4.78, 5) is 22.8. The van der Waals surface area contributed by atoms with E-state index in [0.717, 1.165) is 67.0 Å². The fraction of sp³-hybridized carbons (Fsp3) is 0.387. The lowest BCUT2D eigenvalue weighted by Crippen LogP contribution is -2.29. The van der Waals surface area contributed by atoms with Crippen molar-refractivity contribution in [3.8, 4) is 11.1 Å². The Morgan fingerprint density at radius 3 is 2.29 bits per heavy atom. The van der Waals surface area contributed by atoms with E-state index in [4.69, 9.17) is 0 Å². The molecule has 4 heterocycles. The van der Waals surface area contributed by atoms with Crippen LogP contribution in [0.3, 0.4) is 0 Å². The number of hydrogen-bond donors (Lipinski definition) is 2. The van der Waals surface area contributed by atoms with E-state index >= 15 is 0 Å². The number of rotatable bonds is 7. The first-order chi connectivity index (χ1) is 18.7. The van der Waals surface area contributed by atoms with E-state index in [1.54, 1.807) is 0 Å². The summed E-state index contributed by atoms with van der Waals surface area (Å²) < 4.78 is 0. The highest BCUT2D eigenvalue weighted by atomic mass is 16.1. The Morgan fingerprint density at radius 1 is 0.789 bits per heavy atom. The predicted molar refractivity (Wildman–Crippen MR) is 152 cm³/mol. The zero-order chi connectivity index (χ0) is 25.7. The van der Waals surface area contributed by atoms with Crippen molar-refractivity contribution in [3.05, 3.63) is 77.7 Å². The van der Waals surface area contributed by atoms with Crippen LogP contribution in [0.5, 0.6) is 0 Å². The maximum absolute atomic E-state index is 13.3. The summed E-state index contributed by atoms with van der Waals surface area (Å²) in [6.45, 7) is 6.46. The Hall–Kier alpha value is -3.55. The average molecular weight is 509 g/mol. The fourth-order valence-electron chi connectivity index (χ4n) is 5.79. The van der Waals surface area contributed by atoms with Crippen LogP contribution in [-0.4, -0.2) is 57.1 Å². The van der Waals surface area contributed by atoms with Crippen LogP contribution in [0.2, 0.25) is 0 Å². The molecule has 1 amide bonds. The Labute approximate surface area is 224 Å². The van der Waals surface area contributed by atoms with Gasteiger partial charge in [0.2, 0.25) is 0 Å². The van der Waals surface area contributed by atoms with Gasteiger partial charge in [-0.3, -0.25) is 24.7 Å². The summed E-state index contributed by atoms with van der Waals surface area (Å²) in [5.74, 6) is -0.208. The SMILES string of the molecule is O=C(Nc1cccc(CN2CCCCC2)c1)c1n[nH]c2ccc(-c3cncc(CN4CCCCC4)c3)cc12. The molecule has 4 aromatic rings. The van der Waals surface area contributed by atoms with Gasteiger partial charge in [-0.25, -0.2) is 0 Å². The number of aromatic amines is 1. The molecule has 2 aliphatic rings. The predicted octanol–water partition coefficient (Wildman–Crippen LogP) is 5.85. The monoisotopic (exact) mass is 508 g/mol. The summed E-state index contributed by atoms with van der Waals surface area (Å²) in [6, 6.07) is 16.5. The molecule has 38 heavy (non-hydrogen) atoms. The largest absolute Gasteiger partial charge is 0.321 e. The number of H-pyrrole nitrogens is 1. The molecule has 0 saturated carbocycles. The highest BCUT2D eigenvalue weighted by Gasteiger charge is 2.17. The third-order valence-electron chi connectivity index (χ3n) is 7.80. The van der Waals surface area contributed by atoms with Gasteiger partial charge in [0.25, 0.3) is 5.91 Å². The van der Waals surface area contributed by atoms with Crippen LogP contribution >= 0.6 is 0 Å². The number of amides is 1.